The maximum atomic E-state index is 6.77. The molecule has 0 bridgehead atoms. The van der Waals surface area contributed by atoms with Crippen LogP contribution in [0.15, 0.2) is 53.3 Å². The highest BCUT2D eigenvalue weighted by molar-refractivity contribution is 9.10. The van der Waals surface area contributed by atoms with E-state index in [0.717, 1.165) is 23.1 Å². The molecule has 3 nitrogen and oxygen atoms in total. The van der Waals surface area contributed by atoms with Crippen LogP contribution in [0.5, 0.6) is 5.75 Å². The molecule has 0 radical (unpaired) electrons. The predicted molar refractivity (Wildman–Crippen MR) is 119 cm³/mol. The van der Waals surface area contributed by atoms with Crippen LogP contribution in [-0.4, -0.2) is 25.5 Å². The molecule has 0 saturated heterocycles. The number of benzene rings is 1. The molecule has 0 fully saturated rings. The van der Waals surface area contributed by atoms with E-state index in [4.69, 9.17) is 9.16 Å². The molecule has 5 heteroatoms. The highest BCUT2D eigenvalue weighted by atomic mass is 79.9. The Labute approximate surface area is 173 Å². The average molecular weight is 450 g/mol. The van der Waals surface area contributed by atoms with Gasteiger partial charge in [0.05, 0.1) is 6.10 Å². The molecule has 2 rings (SSSR count). The van der Waals surface area contributed by atoms with Crippen molar-refractivity contribution < 1.29 is 9.16 Å². The first-order chi connectivity index (χ1) is 12.6. The van der Waals surface area contributed by atoms with Crippen molar-refractivity contribution in [1.82, 2.24) is 4.98 Å². The zero-order valence-electron chi connectivity index (χ0n) is 17.3. The van der Waals surface area contributed by atoms with Crippen LogP contribution in [-0.2, 0) is 10.8 Å². The number of aryl methyl sites for hydroxylation is 1. The second-order valence-corrected chi connectivity index (χ2v) is 14.3. The van der Waals surface area contributed by atoms with Crippen LogP contribution in [0, 0.1) is 0 Å². The molecule has 27 heavy (non-hydrogen) atoms. The van der Waals surface area contributed by atoms with Gasteiger partial charge in [0.15, 0.2) is 8.32 Å². The normalized spacial score (nSPS) is 14.6. The Bertz CT molecular complexity index is 699. The quantitative estimate of drug-likeness (QED) is 0.423. The number of hydrogen-bond donors (Lipinski definition) is 0. The van der Waals surface area contributed by atoms with E-state index >= 15 is 0 Å². The van der Waals surface area contributed by atoms with Gasteiger partial charge in [-0.3, -0.25) is 4.98 Å². The van der Waals surface area contributed by atoms with Crippen LogP contribution in [0.4, 0.5) is 0 Å². The number of nitrogens with zero attached hydrogens (tertiary/aromatic N) is 1. The number of aromatic nitrogens is 1. The number of halogens is 1. The van der Waals surface area contributed by atoms with Crippen LogP contribution in [0.2, 0.25) is 18.1 Å². The second kappa shape index (κ2) is 9.35. The summed E-state index contributed by atoms with van der Waals surface area (Å²) in [5.41, 5.74) is 1.23. The van der Waals surface area contributed by atoms with Gasteiger partial charge >= 0.3 is 0 Å². The molecular weight excluding hydrogens is 418 g/mol. The molecule has 148 valence electrons. The molecule has 1 aromatic heterocycles. The Balaban J connectivity index is 2.12. The lowest BCUT2D eigenvalue weighted by Crippen LogP contribution is -2.47. The number of hydrogen-bond acceptors (Lipinski definition) is 3. The average Bonchev–Trinajstić information content (AvgIpc) is 2.60. The van der Waals surface area contributed by atoms with Gasteiger partial charge in [0, 0.05) is 16.9 Å². The summed E-state index contributed by atoms with van der Waals surface area (Å²) in [7, 11) is -1.90. The van der Waals surface area contributed by atoms with E-state index in [1.54, 1.807) is 0 Å². The molecule has 2 aromatic rings. The SMILES string of the molecule is C[C@H](Oc1ccc(Br)cc1)C(CCc1cccnc1)O[Si](C)(C)C(C)(C)C. The molecule has 0 amide bonds. The second-order valence-electron chi connectivity index (χ2n) is 8.59. The van der Waals surface area contributed by atoms with Gasteiger partial charge < -0.3 is 9.16 Å². The van der Waals surface area contributed by atoms with Crippen LogP contribution in [0.3, 0.4) is 0 Å². The molecule has 0 aliphatic rings. The van der Waals surface area contributed by atoms with Crippen LogP contribution >= 0.6 is 15.9 Å². The Morgan fingerprint density at radius 1 is 1.11 bits per heavy atom. The third-order valence-electron chi connectivity index (χ3n) is 5.35. The highest BCUT2D eigenvalue weighted by Crippen LogP contribution is 2.38. The summed E-state index contributed by atoms with van der Waals surface area (Å²) in [5.74, 6) is 0.871. The van der Waals surface area contributed by atoms with E-state index in [0.29, 0.717) is 0 Å². The topological polar surface area (TPSA) is 31.4 Å². The maximum absolute atomic E-state index is 6.77. The minimum atomic E-state index is -1.90. The van der Waals surface area contributed by atoms with Crippen LogP contribution in [0.1, 0.15) is 39.7 Å². The summed E-state index contributed by atoms with van der Waals surface area (Å²) in [6.07, 6.45) is 5.60. The lowest BCUT2D eigenvalue weighted by atomic mass is 10.1. The van der Waals surface area contributed by atoms with E-state index in [2.05, 4.69) is 67.8 Å². The maximum Gasteiger partial charge on any atom is 0.192 e. The van der Waals surface area contributed by atoms with E-state index in [1.807, 2.05) is 42.7 Å². The van der Waals surface area contributed by atoms with Crippen molar-refractivity contribution in [1.29, 1.82) is 0 Å². The monoisotopic (exact) mass is 449 g/mol. The Morgan fingerprint density at radius 2 is 1.78 bits per heavy atom. The summed E-state index contributed by atoms with van der Waals surface area (Å²) >= 11 is 3.47. The number of rotatable bonds is 8. The van der Waals surface area contributed by atoms with Crippen molar-refractivity contribution in [3.05, 3.63) is 58.8 Å². The van der Waals surface area contributed by atoms with Gasteiger partial charge in [-0.2, -0.15) is 0 Å². The number of ether oxygens (including phenoxy) is 1. The minimum Gasteiger partial charge on any atom is -0.488 e. The van der Waals surface area contributed by atoms with E-state index in [1.165, 1.54) is 5.56 Å². The van der Waals surface area contributed by atoms with Gasteiger partial charge in [-0.05, 0) is 73.8 Å². The summed E-state index contributed by atoms with van der Waals surface area (Å²) in [6.45, 7) is 13.5. The molecule has 0 spiro atoms. The van der Waals surface area contributed by atoms with Gasteiger partial charge in [0.2, 0.25) is 0 Å². The van der Waals surface area contributed by atoms with Crippen LogP contribution < -0.4 is 4.74 Å². The predicted octanol–water partition coefficient (Wildman–Crippen LogP) is 6.63. The third-order valence-corrected chi connectivity index (χ3v) is 10.4. The Morgan fingerprint density at radius 3 is 2.33 bits per heavy atom. The zero-order chi connectivity index (χ0) is 20.1. The van der Waals surface area contributed by atoms with Gasteiger partial charge in [0.25, 0.3) is 0 Å². The standard InChI is InChI=1S/C22H32BrNO2Si/c1-17(25-20-12-10-19(23)11-13-20)21(26-27(5,6)22(2,3)4)14-9-18-8-7-15-24-16-18/h7-8,10-13,15-17,21H,9,14H2,1-6H3/t17-,21?/m0/s1. The van der Waals surface area contributed by atoms with Crippen molar-refractivity contribution in [3.8, 4) is 5.75 Å². The molecule has 2 atom stereocenters. The van der Waals surface area contributed by atoms with Crippen LogP contribution in [0.25, 0.3) is 0 Å². The first-order valence-corrected chi connectivity index (χ1v) is 13.3. The van der Waals surface area contributed by atoms with Gasteiger partial charge in [-0.15, -0.1) is 0 Å². The molecule has 0 N–H and O–H groups in total. The van der Waals surface area contributed by atoms with Crippen molar-refractivity contribution in [2.45, 2.75) is 70.9 Å². The lowest BCUT2D eigenvalue weighted by molar-refractivity contribution is 0.0500. The van der Waals surface area contributed by atoms with Gasteiger partial charge in [0.1, 0.15) is 11.9 Å². The molecule has 1 aromatic carbocycles. The van der Waals surface area contributed by atoms with Crippen molar-refractivity contribution in [3.63, 3.8) is 0 Å². The smallest absolute Gasteiger partial charge is 0.192 e. The Hall–Kier alpha value is -1.17. The fraction of sp³-hybridized carbons (Fsp3) is 0.500. The third kappa shape index (κ3) is 6.73. The van der Waals surface area contributed by atoms with Gasteiger partial charge in [-0.1, -0.05) is 42.8 Å². The molecule has 0 aliphatic carbocycles. The van der Waals surface area contributed by atoms with Crippen molar-refractivity contribution >= 4 is 24.2 Å². The molecule has 1 unspecified atom stereocenters. The van der Waals surface area contributed by atoms with E-state index < -0.39 is 8.32 Å². The van der Waals surface area contributed by atoms with Crippen molar-refractivity contribution in [2.24, 2.45) is 0 Å². The fourth-order valence-corrected chi connectivity index (χ4v) is 4.29. The first kappa shape index (κ1) is 22.1. The summed E-state index contributed by atoms with van der Waals surface area (Å²) in [5, 5.41) is 0.164. The summed E-state index contributed by atoms with van der Waals surface area (Å²) < 4.78 is 14.1. The number of pyridine rings is 1. The summed E-state index contributed by atoms with van der Waals surface area (Å²) in [6, 6.07) is 12.1. The largest absolute Gasteiger partial charge is 0.488 e. The first-order valence-electron chi connectivity index (χ1n) is 9.57. The lowest BCUT2D eigenvalue weighted by Gasteiger charge is -2.41. The molecule has 1 heterocycles. The molecule has 0 saturated carbocycles. The highest BCUT2D eigenvalue weighted by Gasteiger charge is 2.40. The molecular formula is C22H32BrNO2Si. The fourth-order valence-electron chi connectivity index (χ4n) is 2.60. The van der Waals surface area contributed by atoms with Gasteiger partial charge in [-0.25, -0.2) is 0 Å². The molecule has 0 aliphatic heterocycles. The summed E-state index contributed by atoms with van der Waals surface area (Å²) in [4.78, 5) is 4.23. The zero-order valence-corrected chi connectivity index (χ0v) is 19.9. The minimum absolute atomic E-state index is 0.0306. The Kier molecular flexibility index (Phi) is 7.66. The van der Waals surface area contributed by atoms with E-state index in [-0.39, 0.29) is 17.2 Å². The van der Waals surface area contributed by atoms with Crippen molar-refractivity contribution in [2.75, 3.05) is 0 Å². The van der Waals surface area contributed by atoms with E-state index in [9.17, 15) is 0 Å².